The standard InChI is InChI=1S/C11H15NO5S/c1-3-17-10(14)7-18(15,16)12-11-8(2)5-4-6-9(11)13/h4-6,12-13H,3,7H2,1-2H3. The van der Waals surface area contributed by atoms with Gasteiger partial charge in [0.1, 0.15) is 5.75 Å². The van der Waals surface area contributed by atoms with Crippen molar-refractivity contribution in [3.8, 4) is 5.75 Å². The summed E-state index contributed by atoms with van der Waals surface area (Å²) in [5.74, 6) is -1.81. The molecule has 0 aromatic heterocycles. The molecule has 100 valence electrons. The van der Waals surface area contributed by atoms with Gasteiger partial charge in [-0.1, -0.05) is 12.1 Å². The van der Waals surface area contributed by atoms with E-state index < -0.39 is 21.7 Å². The number of hydrogen-bond acceptors (Lipinski definition) is 5. The van der Waals surface area contributed by atoms with Gasteiger partial charge in [0.25, 0.3) is 0 Å². The molecule has 0 saturated carbocycles. The number of para-hydroxylation sites is 1. The largest absolute Gasteiger partial charge is 0.506 e. The van der Waals surface area contributed by atoms with Gasteiger partial charge in [-0.25, -0.2) is 8.42 Å². The summed E-state index contributed by atoms with van der Waals surface area (Å²) in [6.07, 6.45) is 0. The summed E-state index contributed by atoms with van der Waals surface area (Å²) in [6, 6.07) is 4.59. The second-order valence-electron chi connectivity index (χ2n) is 3.64. The van der Waals surface area contributed by atoms with Gasteiger partial charge in [-0.2, -0.15) is 0 Å². The fourth-order valence-corrected chi connectivity index (χ4v) is 2.38. The number of anilines is 1. The van der Waals surface area contributed by atoms with E-state index in [1.54, 1.807) is 26.0 Å². The van der Waals surface area contributed by atoms with Gasteiger partial charge in [0.15, 0.2) is 5.75 Å². The number of ether oxygens (including phenoxy) is 1. The van der Waals surface area contributed by atoms with E-state index in [1.165, 1.54) is 6.07 Å². The Morgan fingerprint density at radius 1 is 1.44 bits per heavy atom. The average molecular weight is 273 g/mol. The number of phenolic OH excluding ortho intramolecular Hbond substituents is 1. The molecule has 0 aliphatic carbocycles. The van der Waals surface area contributed by atoms with Gasteiger partial charge in [-0.05, 0) is 25.5 Å². The molecule has 0 heterocycles. The molecule has 18 heavy (non-hydrogen) atoms. The summed E-state index contributed by atoms with van der Waals surface area (Å²) in [5, 5.41) is 9.55. The molecular weight excluding hydrogens is 258 g/mol. The topological polar surface area (TPSA) is 92.7 Å². The summed E-state index contributed by atoms with van der Waals surface area (Å²) in [6.45, 7) is 3.34. The Bertz CT molecular complexity index is 518. The van der Waals surface area contributed by atoms with Crippen LogP contribution in [0.15, 0.2) is 18.2 Å². The van der Waals surface area contributed by atoms with Gasteiger partial charge in [-0.3, -0.25) is 9.52 Å². The Morgan fingerprint density at radius 2 is 2.11 bits per heavy atom. The van der Waals surface area contributed by atoms with Crippen molar-refractivity contribution in [2.45, 2.75) is 13.8 Å². The van der Waals surface area contributed by atoms with Crippen molar-refractivity contribution in [1.29, 1.82) is 0 Å². The molecular formula is C11H15NO5S. The molecule has 0 saturated heterocycles. The van der Waals surface area contributed by atoms with Gasteiger partial charge in [-0.15, -0.1) is 0 Å². The minimum atomic E-state index is -3.89. The van der Waals surface area contributed by atoms with E-state index >= 15 is 0 Å². The third kappa shape index (κ3) is 3.92. The Labute approximate surface area is 106 Å². The molecule has 7 heteroatoms. The highest BCUT2D eigenvalue weighted by molar-refractivity contribution is 7.93. The van der Waals surface area contributed by atoms with E-state index in [-0.39, 0.29) is 18.0 Å². The number of carbonyl (C=O) groups excluding carboxylic acids is 1. The number of esters is 1. The maximum absolute atomic E-state index is 11.7. The number of hydrogen-bond donors (Lipinski definition) is 2. The number of benzene rings is 1. The Hall–Kier alpha value is -1.76. The van der Waals surface area contributed by atoms with Gasteiger partial charge in [0.05, 0.1) is 12.3 Å². The van der Waals surface area contributed by atoms with Crippen molar-refractivity contribution in [2.24, 2.45) is 0 Å². The second kappa shape index (κ2) is 5.72. The molecule has 0 spiro atoms. The van der Waals surface area contributed by atoms with Crippen LogP contribution in [0.25, 0.3) is 0 Å². The number of sulfonamides is 1. The molecule has 0 aliphatic heterocycles. The molecule has 0 fully saturated rings. The zero-order valence-corrected chi connectivity index (χ0v) is 11.0. The Morgan fingerprint density at radius 3 is 2.67 bits per heavy atom. The summed E-state index contributed by atoms with van der Waals surface area (Å²) in [5.41, 5.74) is 0.629. The molecule has 0 amide bonds. The SMILES string of the molecule is CCOC(=O)CS(=O)(=O)Nc1c(C)cccc1O. The fourth-order valence-electron chi connectivity index (χ4n) is 1.33. The minimum absolute atomic E-state index is 0.0711. The lowest BCUT2D eigenvalue weighted by molar-refractivity contribution is -0.139. The summed E-state index contributed by atoms with van der Waals surface area (Å²) in [7, 11) is -3.89. The molecule has 0 aliphatic rings. The minimum Gasteiger partial charge on any atom is -0.506 e. The van der Waals surface area contributed by atoms with Crippen LogP contribution in [0, 0.1) is 6.92 Å². The van der Waals surface area contributed by atoms with E-state index in [2.05, 4.69) is 9.46 Å². The lowest BCUT2D eigenvalue weighted by atomic mass is 10.2. The first kappa shape index (κ1) is 14.3. The van der Waals surface area contributed by atoms with E-state index in [9.17, 15) is 18.3 Å². The highest BCUT2D eigenvalue weighted by Crippen LogP contribution is 2.27. The molecule has 2 N–H and O–H groups in total. The monoisotopic (exact) mass is 273 g/mol. The predicted octanol–water partition coefficient (Wildman–Crippen LogP) is 1.01. The van der Waals surface area contributed by atoms with Crippen molar-refractivity contribution in [3.63, 3.8) is 0 Å². The molecule has 1 rings (SSSR count). The molecule has 0 radical (unpaired) electrons. The second-order valence-corrected chi connectivity index (χ2v) is 5.36. The number of aryl methyl sites for hydroxylation is 1. The van der Waals surface area contributed by atoms with Gasteiger partial charge in [0.2, 0.25) is 10.0 Å². The van der Waals surface area contributed by atoms with Crippen LogP contribution in [0.1, 0.15) is 12.5 Å². The molecule has 0 unspecified atom stereocenters. The summed E-state index contributed by atoms with van der Waals surface area (Å²) in [4.78, 5) is 11.1. The van der Waals surface area contributed by atoms with Crippen molar-refractivity contribution in [3.05, 3.63) is 23.8 Å². The predicted molar refractivity (Wildman–Crippen MR) is 66.9 cm³/mol. The van der Waals surface area contributed by atoms with Gasteiger partial charge in [0, 0.05) is 0 Å². The van der Waals surface area contributed by atoms with Crippen molar-refractivity contribution >= 4 is 21.7 Å². The van der Waals surface area contributed by atoms with Crippen molar-refractivity contribution in [2.75, 3.05) is 17.1 Å². The van der Waals surface area contributed by atoms with E-state index in [0.717, 1.165) is 0 Å². The Kier molecular flexibility index (Phi) is 4.55. The highest BCUT2D eigenvalue weighted by Gasteiger charge is 2.19. The average Bonchev–Trinajstić information content (AvgIpc) is 2.23. The van der Waals surface area contributed by atoms with Crippen molar-refractivity contribution in [1.82, 2.24) is 0 Å². The van der Waals surface area contributed by atoms with Crippen LogP contribution in [-0.2, 0) is 19.6 Å². The van der Waals surface area contributed by atoms with Crippen LogP contribution in [0.4, 0.5) is 5.69 Å². The smallest absolute Gasteiger partial charge is 0.323 e. The molecule has 1 aromatic carbocycles. The van der Waals surface area contributed by atoms with Crippen molar-refractivity contribution < 1.29 is 23.1 Å². The maximum atomic E-state index is 11.7. The van der Waals surface area contributed by atoms with Crippen LogP contribution in [0.5, 0.6) is 5.75 Å². The normalized spacial score (nSPS) is 11.0. The number of nitrogens with one attached hydrogen (secondary N) is 1. The first-order valence-electron chi connectivity index (χ1n) is 5.30. The third-order valence-corrected chi connectivity index (χ3v) is 3.25. The number of phenols is 1. The quantitative estimate of drug-likeness (QED) is 0.617. The van der Waals surface area contributed by atoms with Gasteiger partial charge < -0.3 is 9.84 Å². The zero-order valence-electron chi connectivity index (χ0n) is 10.1. The van der Waals surface area contributed by atoms with E-state index in [4.69, 9.17) is 0 Å². The lowest BCUT2D eigenvalue weighted by Gasteiger charge is -2.11. The van der Waals surface area contributed by atoms with E-state index in [0.29, 0.717) is 5.56 Å². The summed E-state index contributed by atoms with van der Waals surface area (Å²) < 4.78 is 30.1. The molecule has 6 nitrogen and oxygen atoms in total. The zero-order chi connectivity index (χ0) is 13.8. The molecule has 1 aromatic rings. The summed E-state index contributed by atoms with van der Waals surface area (Å²) >= 11 is 0. The Balaban J connectivity index is 2.86. The third-order valence-electron chi connectivity index (χ3n) is 2.12. The maximum Gasteiger partial charge on any atom is 0.323 e. The number of rotatable bonds is 5. The first-order chi connectivity index (χ1) is 8.35. The van der Waals surface area contributed by atoms with Gasteiger partial charge >= 0.3 is 5.97 Å². The van der Waals surface area contributed by atoms with Crippen LogP contribution >= 0.6 is 0 Å². The van der Waals surface area contributed by atoms with Crippen LogP contribution < -0.4 is 4.72 Å². The van der Waals surface area contributed by atoms with Crippen LogP contribution in [0.3, 0.4) is 0 Å². The fraction of sp³-hybridized carbons (Fsp3) is 0.364. The van der Waals surface area contributed by atoms with Crippen LogP contribution in [-0.4, -0.2) is 31.9 Å². The van der Waals surface area contributed by atoms with E-state index in [1.807, 2.05) is 0 Å². The molecule has 0 bridgehead atoms. The number of carbonyl (C=O) groups is 1. The lowest BCUT2D eigenvalue weighted by Crippen LogP contribution is -2.24. The molecule has 0 atom stereocenters. The number of aromatic hydroxyl groups is 1. The first-order valence-corrected chi connectivity index (χ1v) is 6.95. The highest BCUT2D eigenvalue weighted by atomic mass is 32.2. The van der Waals surface area contributed by atoms with Crippen LogP contribution in [0.2, 0.25) is 0 Å².